The van der Waals surface area contributed by atoms with E-state index in [2.05, 4.69) is 13.0 Å². The summed E-state index contributed by atoms with van der Waals surface area (Å²) in [6, 6.07) is 13.5. The Hall–Kier alpha value is -1.67. The Morgan fingerprint density at radius 2 is 1.59 bits per heavy atom. The number of benzene rings is 2. The van der Waals surface area contributed by atoms with Crippen molar-refractivity contribution < 1.29 is 4.74 Å². The zero-order chi connectivity index (χ0) is 11.5. The average Bonchev–Trinajstić information content (AvgIpc) is 2.25. The van der Waals surface area contributed by atoms with E-state index in [1.54, 1.807) is 0 Å². The van der Waals surface area contributed by atoms with Crippen molar-refractivity contribution in [3.05, 3.63) is 53.6 Å². The van der Waals surface area contributed by atoms with Crippen molar-refractivity contribution in [3.63, 3.8) is 0 Å². The van der Waals surface area contributed by atoms with Crippen LogP contribution in [-0.2, 0) is 0 Å². The summed E-state index contributed by atoms with van der Waals surface area (Å²) in [6.07, 6.45) is 0. The zero-order valence-electron chi connectivity index (χ0n) is 9.94. The lowest BCUT2D eigenvalue weighted by atomic mass is 10.1. The molecular formula is C14H16ClNO. The summed E-state index contributed by atoms with van der Waals surface area (Å²) in [7, 11) is 0. The molecule has 2 aromatic carbocycles. The predicted octanol–water partition coefficient (Wildman–Crippen LogP) is 4.10. The Morgan fingerprint density at radius 3 is 2.18 bits per heavy atom. The van der Waals surface area contributed by atoms with Crippen LogP contribution in [0.1, 0.15) is 11.1 Å². The highest BCUT2D eigenvalue weighted by atomic mass is 35.5. The minimum atomic E-state index is 0. The fraction of sp³-hybridized carbons (Fsp3) is 0.143. The number of anilines is 1. The molecule has 0 aliphatic rings. The summed E-state index contributed by atoms with van der Waals surface area (Å²) in [5.41, 5.74) is 8.73. The molecule has 0 saturated carbocycles. The van der Waals surface area contributed by atoms with Crippen LogP contribution in [0, 0.1) is 13.8 Å². The van der Waals surface area contributed by atoms with Gasteiger partial charge in [-0.3, -0.25) is 0 Å². The summed E-state index contributed by atoms with van der Waals surface area (Å²) >= 11 is 0. The summed E-state index contributed by atoms with van der Waals surface area (Å²) in [5.74, 6) is 1.69. The van der Waals surface area contributed by atoms with Crippen LogP contribution in [-0.4, -0.2) is 0 Å². The van der Waals surface area contributed by atoms with Gasteiger partial charge in [0.2, 0.25) is 0 Å². The lowest BCUT2D eigenvalue weighted by Crippen LogP contribution is -1.89. The lowest BCUT2D eigenvalue weighted by Gasteiger charge is -2.09. The molecule has 0 aromatic heterocycles. The van der Waals surface area contributed by atoms with Crippen LogP contribution in [0.4, 0.5) is 5.69 Å². The van der Waals surface area contributed by atoms with Crippen LogP contribution >= 0.6 is 12.4 Å². The van der Waals surface area contributed by atoms with E-state index in [0.29, 0.717) is 0 Å². The SMILES string of the molecule is Cc1ccc(Oc2ccc(N)cc2)c(C)c1.Cl. The molecule has 0 atom stereocenters. The number of ether oxygens (including phenoxy) is 1. The summed E-state index contributed by atoms with van der Waals surface area (Å²) < 4.78 is 5.76. The van der Waals surface area contributed by atoms with Gasteiger partial charge in [-0.15, -0.1) is 12.4 Å². The van der Waals surface area contributed by atoms with E-state index in [0.717, 1.165) is 22.7 Å². The summed E-state index contributed by atoms with van der Waals surface area (Å²) in [5, 5.41) is 0. The molecule has 0 bridgehead atoms. The third kappa shape index (κ3) is 3.40. The Morgan fingerprint density at radius 1 is 0.941 bits per heavy atom. The normalized spacial score (nSPS) is 9.53. The average molecular weight is 250 g/mol. The molecule has 0 aliphatic heterocycles. The third-order valence-corrected chi connectivity index (χ3v) is 2.44. The lowest BCUT2D eigenvalue weighted by molar-refractivity contribution is 0.479. The number of nitrogens with two attached hydrogens (primary N) is 1. The molecule has 2 N–H and O–H groups in total. The van der Waals surface area contributed by atoms with Crippen LogP contribution in [0.2, 0.25) is 0 Å². The van der Waals surface area contributed by atoms with Gasteiger partial charge in [-0.2, -0.15) is 0 Å². The molecular weight excluding hydrogens is 234 g/mol. The Bertz CT molecular complexity index is 494. The highest BCUT2D eigenvalue weighted by Crippen LogP contribution is 2.26. The standard InChI is InChI=1S/C14H15NO.ClH/c1-10-3-8-14(11(2)9-10)16-13-6-4-12(15)5-7-13;/h3-9H,15H2,1-2H3;1H. The highest BCUT2D eigenvalue weighted by molar-refractivity contribution is 5.85. The molecule has 90 valence electrons. The first-order chi connectivity index (χ1) is 7.65. The van der Waals surface area contributed by atoms with Crippen molar-refractivity contribution >= 4 is 18.1 Å². The summed E-state index contributed by atoms with van der Waals surface area (Å²) in [4.78, 5) is 0. The Balaban J connectivity index is 0.00000144. The van der Waals surface area contributed by atoms with Gasteiger partial charge in [0.15, 0.2) is 0 Å². The fourth-order valence-corrected chi connectivity index (χ4v) is 1.58. The Kier molecular flexibility index (Phi) is 4.41. The number of rotatable bonds is 2. The number of halogens is 1. The van der Waals surface area contributed by atoms with Gasteiger partial charge in [0, 0.05) is 5.69 Å². The molecule has 0 saturated heterocycles. The minimum Gasteiger partial charge on any atom is -0.457 e. The molecule has 3 heteroatoms. The molecule has 17 heavy (non-hydrogen) atoms. The number of aryl methyl sites for hydroxylation is 2. The highest BCUT2D eigenvalue weighted by Gasteiger charge is 2.01. The van der Waals surface area contributed by atoms with E-state index in [-0.39, 0.29) is 12.4 Å². The van der Waals surface area contributed by atoms with Crippen molar-refractivity contribution in [1.29, 1.82) is 0 Å². The second kappa shape index (κ2) is 5.60. The zero-order valence-corrected chi connectivity index (χ0v) is 10.8. The van der Waals surface area contributed by atoms with Crippen LogP contribution in [0.25, 0.3) is 0 Å². The maximum Gasteiger partial charge on any atom is 0.130 e. The molecule has 0 spiro atoms. The molecule has 2 aromatic rings. The monoisotopic (exact) mass is 249 g/mol. The van der Waals surface area contributed by atoms with Crippen LogP contribution in [0.3, 0.4) is 0 Å². The third-order valence-electron chi connectivity index (χ3n) is 2.44. The minimum absolute atomic E-state index is 0. The number of hydrogen-bond acceptors (Lipinski definition) is 2. The van der Waals surface area contributed by atoms with Gasteiger partial charge >= 0.3 is 0 Å². The molecule has 0 aliphatic carbocycles. The molecule has 2 nitrogen and oxygen atoms in total. The van der Waals surface area contributed by atoms with Crippen LogP contribution in [0.15, 0.2) is 42.5 Å². The van der Waals surface area contributed by atoms with Gasteiger partial charge in [-0.25, -0.2) is 0 Å². The van der Waals surface area contributed by atoms with Crippen molar-refractivity contribution in [2.75, 3.05) is 5.73 Å². The van der Waals surface area contributed by atoms with Gasteiger partial charge in [-0.05, 0) is 49.7 Å². The predicted molar refractivity (Wildman–Crippen MR) is 74.1 cm³/mol. The molecule has 0 amide bonds. The topological polar surface area (TPSA) is 35.2 Å². The van der Waals surface area contributed by atoms with E-state index in [1.807, 2.05) is 43.3 Å². The van der Waals surface area contributed by atoms with Gasteiger partial charge in [-0.1, -0.05) is 17.7 Å². The van der Waals surface area contributed by atoms with Crippen molar-refractivity contribution in [1.82, 2.24) is 0 Å². The smallest absolute Gasteiger partial charge is 0.130 e. The van der Waals surface area contributed by atoms with E-state index >= 15 is 0 Å². The molecule has 0 fully saturated rings. The van der Waals surface area contributed by atoms with E-state index in [1.165, 1.54) is 5.56 Å². The van der Waals surface area contributed by atoms with E-state index in [9.17, 15) is 0 Å². The van der Waals surface area contributed by atoms with Gasteiger partial charge in [0.25, 0.3) is 0 Å². The second-order valence-electron chi connectivity index (χ2n) is 3.94. The van der Waals surface area contributed by atoms with Gasteiger partial charge in [0.05, 0.1) is 0 Å². The fourth-order valence-electron chi connectivity index (χ4n) is 1.58. The van der Waals surface area contributed by atoms with Crippen molar-refractivity contribution in [2.45, 2.75) is 13.8 Å². The maximum absolute atomic E-state index is 5.76. The van der Waals surface area contributed by atoms with Gasteiger partial charge in [0.1, 0.15) is 11.5 Å². The molecule has 2 rings (SSSR count). The van der Waals surface area contributed by atoms with E-state index < -0.39 is 0 Å². The maximum atomic E-state index is 5.76. The van der Waals surface area contributed by atoms with Crippen LogP contribution < -0.4 is 10.5 Å². The quantitative estimate of drug-likeness (QED) is 0.814. The molecule has 0 unspecified atom stereocenters. The number of nitrogen functional groups attached to an aromatic ring is 1. The second-order valence-corrected chi connectivity index (χ2v) is 3.94. The number of hydrogen-bond donors (Lipinski definition) is 1. The van der Waals surface area contributed by atoms with Crippen molar-refractivity contribution in [2.24, 2.45) is 0 Å². The van der Waals surface area contributed by atoms with Crippen LogP contribution in [0.5, 0.6) is 11.5 Å². The Labute approximate surface area is 108 Å². The first-order valence-electron chi connectivity index (χ1n) is 5.26. The summed E-state index contributed by atoms with van der Waals surface area (Å²) in [6.45, 7) is 4.11. The van der Waals surface area contributed by atoms with Gasteiger partial charge < -0.3 is 10.5 Å². The first-order valence-corrected chi connectivity index (χ1v) is 5.26. The molecule has 0 heterocycles. The largest absolute Gasteiger partial charge is 0.457 e. The molecule has 0 radical (unpaired) electrons. The van der Waals surface area contributed by atoms with Crippen molar-refractivity contribution in [3.8, 4) is 11.5 Å². The van der Waals surface area contributed by atoms with E-state index in [4.69, 9.17) is 10.5 Å². The first kappa shape index (κ1) is 13.4.